The first-order valence-corrected chi connectivity index (χ1v) is 5.84. The molecule has 7 heteroatoms. The number of ether oxygens (including phenoxy) is 1. The summed E-state index contributed by atoms with van der Waals surface area (Å²) in [6.45, 7) is 4.51. The Kier molecular flexibility index (Phi) is 3.97. The van der Waals surface area contributed by atoms with Crippen molar-refractivity contribution in [2.24, 2.45) is 11.8 Å². The Labute approximate surface area is 101 Å². The van der Waals surface area contributed by atoms with Crippen molar-refractivity contribution in [3.05, 3.63) is 0 Å². The molecular formula is C11H16F6O. The van der Waals surface area contributed by atoms with E-state index in [0.29, 0.717) is 0 Å². The number of rotatable bonds is 3. The second-order valence-electron chi connectivity index (χ2n) is 4.71. The van der Waals surface area contributed by atoms with E-state index in [-0.39, 0.29) is 12.8 Å². The van der Waals surface area contributed by atoms with E-state index >= 15 is 0 Å². The standard InChI is InChI=1S/C11H16F6O/c1-4-6(3)8-7(5-2)18-9(8,10(12,13)14)11(15,16)17/h6-8H,4-5H2,1-3H3. The van der Waals surface area contributed by atoms with E-state index in [1.807, 2.05) is 0 Å². The minimum atomic E-state index is -5.44. The second kappa shape index (κ2) is 4.58. The molecule has 1 aliphatic heterocycles. The highest BCUT2D eigenvalue weighted by atomic mass is 19.4. The van der Waals surface area contributed by atoms with Crippen molar-refractivity contribution in [1.29, 1.82) is 0 Å². The Hall–Kier alpha value is -0.460. The lowest BCUT2D eigenvalue weighted by molar-refractivity contribution is -0.471. The predicted octanol–water partition coefficient (Wildman–Crippen LogP) is 4.32. The Morgan fingerprint density at radius 2 is 1.50 bits per heavy atom. The van der Waals surface area contributed by atoms with Crippen LogP contribution < -0.4 is 0 Å². The lowest BCUT2D eigenvalue weighted by atomic mass is 9.67. The SMILES string of the molecule is CCC(C)C1C(CC)OC1(C(F)(F)F)C(F)(F)F. The molecule has 0 aliphatic carbocycles. The van der Waals surface area contributed by atoms with Gasteiger partial charge in [0, 0.05) is 5.92 Å². The van der Waals surface area contributed by atoms with E-state index in [9.17, 15) is 26.3 Å². The Balaban J connectivity index is 3.21. The summed E-state index contributed by atoms with van der Waals surface area (Å²) in [6, 6.07) is 0. The van der Waals surface area contributed by atoms with Gasteiger partial charge in [-0.25, -0.2) is 0 Å². The molecule has 0 amide bonds. The van der Waals surface area contributed by atoms with Crippen LogP contribution in [0.2, 0.25) is 0 Å². The van der Waals surface area contributed by atoms with Gasteiger partial charge in [0.25, 0.3) is 5.60 Å². The van der Waals surface area contributed by atoms with Crippen molar-refractivity contribution in [3.8, 4) is 0 Å². The van der Waals surface area contributed by atoms with Gasteiger partial charge in [-0.1, -0.05) is 27.2 Å². The van der Waals surface area contributed by atoms with Gasteiger partial charge in [-0.3, -0.25) is 0 Å². The van der Waals surface area contributed by atoms with Crippen molar-refractivity contribution in [2.45, 2.75) is 57.7 Å². The Morgan fingerprint density at radius 3 is 1.78 bits per heavy atom. The van der Waals surface area contributed by atoms with E-state index in [0.717, 1.165) is 0 Å². The summed E-state index contributed by atoms with van der Waals surface area (Å²) in [5.74, 6) is -2.26. The minimum Gasteiger partial charge on any atom is -0.354 e. The molecule has 0 aromatic carbocycles. The van der Waals surface area contributed by atoms with Gasteiger partial charge in [-0.05, 0) is 12.3 Å². The van der Waals surface area contributed by atoms with Crippen LogP contribution in [-0.4, -0.2) is 24.1 Å². The molecule has 0 bridgehead atoms. The zero-order valence-corrected chi connectivity index (χ0v) is 10.3. The molecule has 1 saturated heterocycles. The molecule has 1 rings (SSSR count). The molecule has 3 unspecified atom stereocenters. The van der Waals surface area contributed by atoms with Crippen LogP contribution in [0.5, 0.6) is 0 Å². The molecule has 0 aromatic rings. The fraction of sp³-hybridized carbons (Fsp3) is 1.00. The van der Waals surface area contributed by atoms with Gasteiger partial charge in [0.2, 0.25) is 0 Å². The molecule has 0 aromatic heterocycles. The first-order valence-electron chi connectivity index (χ1n) is 5.84. The molecule has 18 heavy (non-hydrogen) atoms. The van der Waals surface area contributed by atoms with Crippen molar-refractivity contribution in [1.82, 2.24) is 0 Å². The predicted molar refractivity (Wildman–Crippen MR) is 53.0 cm³/mol. The molecule has 1 aliphatic rings. The van der Waals surface area contributed by atoms with Crippen LogP contribution in [0.4, 0.5) is 26.3 Å². The van der Waals surface area contributed by atoms with Crippen LogP contribution >= 0.6 is 0 Å². The van der Waals surface area contributed by atoms with Crippen molar-refractivity contribution < 1.29 is 31.1 Å². The maximum Gasteiger partial charge on any atom is 0.426 e. The molecule has 0 N–H and O–H groups in total. The van der Waals surface area contributed by atoms with Gasteiger partial charge in [-0.2, -0.15) is 26.3 Å². The molecule has 0 saturated carbocycles. The highest BCUT2D eigenvalue weighted by Crippen LogP contribution is 2.61. The number of alkyl halides is 6. The molecular weight excluding hydrogens is 262 g/mol. The fourth-order valence-corrected chi connectivity index (χ4v) is 2.61. The van der Waals surface area contributed by atoms with Gasteiger partial charge in [0.05, 0.1) is 6.10 Å². The third-order valence-corrected chi connectivity index (χ3v) is 3.71. The molecule has 0 radical (unpaired) electrons. The molecule has 1 heterocycles. The molecule has 108 valence electrons. The Bertz CT molecular complexity index is 275. The molecule has 1 fully saturated rings. The van der Waals surface area contributed by atoms with E-state index in [1.165, 1.54) is 13.8 Å². The number of hydrogen-bond donors (Lipinski definition) is 0. The van der Waals surface area contributed by atoms with Crippen LogP contribution in [0.25, 0.3) is 0 Å². The smallest absolute Gasteiger partial charge is 0.354 e. The number of halogens is 6. The van der Waals surface area contributed by atoms with Crippen molar-refractivity contribution in [2.75, 3.05) is 0 Å². The summed E-state index contributed by atoms with van der Waals surface area (Å²) in [6.07, 6.45) is -11.5. The van der Waals surface area contributed by atoms with Gasteiger partial charge in [0.15, 0.2) is 0 Å². The second-order valence-corrected chi connectivity index (χ2v) is 4.71. The quantitative estimate of drug-likeness (QED) is 0.698. The topological polar surface area (TPSA) is 9.23 Å². The highest BCUT2D eigenvalue weighted by Gasteiger charge is 2.82. The summed E-state index contributed by atoms with van der Waals surface area (Å²) in [7, 11) is 0. The van der Waals surface area contributed by atoms with E-state index in [4.69, 9.17) is 0 Å². The first-order chi connectivity index (χ1) is 8.03. The highest BCUT2D eigenvalue weighted by molar-refractivity contribution is 5.11. The Morgan fingerprint density at radius 1 is 1.06 bits per heavy atom. The maximum absolute atomic E-state index is 12.9. The summed E-state index contributed by atoms with van der Waals surface area (Å²) in [5.41, 5.74) is -3.99. The van der Waals surface area contributed by atoms with Crippen LogP contribution in [0.3, 0.4) is 0 Å². The molecule has 3 atom stereocenters. The van der Waals surface area contributed by atoms with E-state index < -0.39 is 35.9 Å². The van der Waals surface area contributed by atoms with E-state index in [1.54, 1.807) is 6.92 Å². The third kappa shape index (κ3) is 2.00. The monoisotopic (exact) mass is 278 g/mol. The zero-order chi connectivity index (χ0) is 14.4. The average molecular weight is 278 g/mol. The summed E-state index contributed by atoms with van der Waals surface area (Å²) in [5, 5.41) is 0. The van der Waals surface area contributed by atoms with Gasteiger partial charge < -0.3 is 4.74 Å². The lowest BCUT2D eigenvalue weighted by Crippen LogP contribution is -2.75. The normalized spacial score (nSPS) is 29.8. The van der Waals surface area contributed by atoms with Crippen molar-refractivity contribution >= 4 is 0 Å². The van der Waals surface area contributed by atoms with Crippen LogP contribution in [0, 0.1) is 11.8 Å². The summed E-state index contributed by atoms with van der Waals surface area (Å²) in [4.78, 5) is 0. The zero-order valence-electron chi connectivity index (χ0n) is 10.3. The van der Waals surface area contributed by atoms with Crippen LogP contribution in [-0.2, 0) is 4.74 Å². The lowest BCUT2D eigenvalue weighted by Gasteiger charge is -2.57. The largest absolute Gasteiger partial charge is 0.426 e. The first kappa shape index (κ1) is 15.6. The van der Waals surface area contributed by atoms with E-state index in [2.05, 4.69) is 4.74 Å². The van der Waals surface area contributed by atoms with Gasteiger partial charge in [0.1, 0.15) is 0 Å². The average Bonchev–Trinajstić information content (AvgIpc) is 2.12. The van der Waals surface area contributed by atoms with Gasteiger partial charge >= 0.3 is 12.4 Å². The van der Waals surface area contributed by atoms with Crippen molar-refractivity contribution in [3.63, 3.8) is 0 Å². The third-order valence-electron chi connectivity index (χ3n) is 3.71. The summed E-state index contributed by atoms with van der Waals surface area (Å²) >= 11 is 0. The fourth-order valence-electron chi connectivity index (χ4n) is 2.61. The number of hydrogen-bond acceptors (Lipinski definition) is 1. The van der Waals surface area contributed by atoms with Gasteiger partial charge in [-0.15, -0.1) is 0 Å². The van der Waals surface area contributed by atoms with Crippen LogP contribution in [0.15, 0.2) is 0 Å². The maximum atomic E-state index is 12.9. The molecule has 1 nitrogen and oxygen atoms in total. The minimum absolute atomic E-state index is 0.142. The summed E-state index contributed by atoms with van der Waals surface area (Å²) < 4.78 is 81.5. The van der Waals surface area contributed by atoms with Crippen LogP contribution in [0.1, 0.15) is 33.6 Å². The molecule has 0 spiro atoms.